The van der Waals surface area contributed by atoms with Crippen LogP contribution in [0.5, 0.6) is 0 Å². The van der Waals surface area contributed by atoms with Crippen molar-refractivity contribution in [2.45, 2.75) is 32.0 Å². The summed E-state index contributed by atoms with van der Waals surface area (Å²) in [6.45, 7) is 4.08. The summed E-state index contributed by atoms with van der Waals surface area (Å²) < 4.78 is 23.3. The highest BCUT2D eigenvalue weighted by Gasteiger charge is 2.37. The van der Waals surface area contributed by atoms with E-state index in [0.29, 0.717) is 23.1 Å². The predicted molar refractivity (Wildman–Crippen MR) is 73.6 cm³/mol. The van der Waals surface area contributed by atoms with Crippen molar-refractivity contribution in [2.75, 3.05) is 6.61 Å². The van der Waals surface area contributed by atoms with E-state index in [2.05, 4.69) is 0 Å². The standard InChI is InChI=1S/C12H15Cl2O3P/c1-8(2)18(15)16-4-3-12(17-18)9-5-10(13)7-11(14)6-9/h5-8,12H,3-4H2,1-2H3. The van der Waals surface area contributed by atoms with E-state index in [1.54, 1.807) is 18.2 Å². The van der Waals surface area contributed by atoms with Gasteiger partial charge < -0.3 is 9.05 Å². The Kier molecular flexibility index (Phi) is 4.40. The van der Waals surface area contributed by atoms with Crippen LogP contribution in [0.1, 0.15) is 31.9 Å². The maximum atomic E-state index is 12.4. The Morgan fingerprint density at radius 3 is 2.44 bits per heavy atom. The van der Waals surface area contributed by atoms with Gasteiger partial charge in [0.05, 0.1) is 18.4 Å². The molecule has 1 aliphatic rings. The van der Waals surface area contributed by atoms with Crippen molar-refractivity contribution in [3.63, 3.8) is 0 Å². The lowest BCUT2D eigenvalue weighted by Crippen LogP contribution is -2.18. The molecule has 0 bridgehead atoms. The molecule has 0 saturated carbocycles. The van der Waals surface area contributed by atoms with Crippen LogP contribution in [-0.4, -0.2) is 12.3 Å². The number of hydrogen-bond acceptors (Lipinski definition) is 3. The molecule has 18 heavy (non-hydrogen) atoms. The monoisotopic (exact) mass is 308 g/mol. The molecule has 0 N–H and O–H groups in total. The first-order chi connectivity index (χ1) is 8.40. The van der Waals surface area contributed by atoms with Gasteiger partial charge in [-0.25, -0.2) is 0 Å². The minimum Gasteiger partial charge on any atom is -0.308 e. The van der Waals surface area contributed by atoms with Gasteiger partial charge in [-0.3, -0.25) is 4.57 Å². The van der Waals surface area contributed by atoms with E-state index in [0.717, 1.165) is 5.56 Å². The highest BCUT2D eigenvalue weighted by molar-refractivity contribution is 7.54. The largest absolute Gasteiger partial charge is 0.333 e. The maximum Gasteiger partial charge on any atom is 0.333 e. The van der Waals surface area contributed by atoms with Crippen LogP contribution in [0.25, 0.3) is 0 Å². The molecule has 2 rings (SSSR count). The number of hydrogen-bond donors (Lipinski definition) is 0. The number of benzene rings is 1. The van der Waals surface area contributed by atoms with Crippen molar-refractivity contribution in [2.24, 2.45) is 0 Å². The first kappa shape index (κ1) is 14.4. The topological polar surface area (TPSA) is 35.5 Å². The molecule has 1 fully saturated rings. The highest BCUT2D eigenvalue weighted by Crippen LogP contribution is 2.59. The fourth-order valence-electron chi connectivity index (χ4n) is 1.81. The zero-order valence-corrected chi connectivity index (χ0v) is 12.6. The minimum atomic E-state index is -3.02. The van der Waals surface area contributed by atoms with Crippen molar-refractivity contribution >= 4 is 30.8 Å². The molecule has 1 aromatic carbocycles. The molecular weight excluding hydrogens is 294 g/mol. The Bertz CT molecular complexity index is 470. The van der Waals surface area contributed by atoms with Gasteiger partial charge in [0.1, 0.15) is 0 Å². The molecule has 1 saturated heterocycles. The third-order valence-corrected chi connectivity index (χ3v) is 5.61. The molecule has 1 aliphatic heterocycles. The van der Waals surface area contributed by atoms with Gasteiger partial charge in [0, 0.05) is 16.5 Å². The van der Waals surface area contributed by atoms with E-state index in [1.807, 2.05) is 13.8 Å². The first-order valence-corrected chi connectivity index (χ1v) is 8.16. The summed E-state index contributed by atoms with van der Waals surface area (Å²) in [6.07, 6.45) is 0.371. The van der Waals surface area contributed by atoms with Crippen LogP contribution in [0.2, 0.25) is 10.0 Å². The Morgan fingerprint density at radius 1 is 1.28 bits per heavy atom. The Balaban J connectivity index is 2.26. The molecular formula is C12H15Cl2O3P. The molecule has 3 nitrogen and oxygen atoms in total. The van der Waals surface area contributed by atoms with Gasteiger partial charge in [0.2, 0.25) is 0 Å². The Labute approximate surface area is 117 Å². The average Bonchev–Trinajstić information content (AvgIpc) is 2.27. The predicted octanol–water partition coefficient (Wildman–Crippen LogP) is 5.07. The van der Waals surface area contributed by atoms with Gasteiger partial charge >= 0.3 is 7.60 Å². The van der Waals surface area contributed by atoms with Crippen LogP contribution in [0.15, 0.2) is 18.2 Å². The average molecular weight is 309 g/mol. The number of halogens is 2. The summed E-state index contributed by atoms with van der Waals surface area (Å²) in [6, 6.07) is 5.23. The van der Waals surface area contributed by atoms with Crippen LogP contribution in [-0.2, 0) is 13.6 Å². The van der Waals surface area contributed by atoms with E-state index >= 15 is 0 Å². The lowest BCUT2D eigenvalue weighted by molar-refractivity contribution is 0.0781. The fourth-order valence-corrected chi connectivity index (χ4v) is 3.89. The second-order valence-corrected chi connectivity index (χ2v) is 8.01. The van der Waals surface area contributed by atoms with Gasteiger partial charge in [-0.1, -0.05) is 37.0 Å². The normalized spacial score (nSPS) is 28.6. The second-order valence-electron chi connectivity index (χ2n) is 4.55. The van der Waals surface area contributed by atoms with Crippen molar-refractivity contribution < 1.29 is 13.6 Å². The molecule has 1 aromatic rings. The lowest BCUT2D eigenvalue weighted by Gasteiger charge is -2.32. The quantitative estimate of drug-likeness (QED) is 0.715. The fraction of sp³-hybridized carbons (Fsp3) is 0.500. The highest BCUT2D eigenvalue weighted by atomic mass is 35.5. The Morgan fingerprint density at radius 2 is 1.89 bits per heavy atom. The molecule has 0 radical (unpaired) electrons. The van der Waals surface area contributed by atoms with Gasteiger partial charge in [0.25, 0.3) is 0 Å². The molecule has 0 amide bonds. The number of rotatable bonds is 2. The Hall–Kier alpha value is -0.0500. The second kappa shape index (κ2) is 5.52. The van der Waals surface area contributed by atoms with Crippen LogP contribution in [0, 0.1) is 0 Å². The van der Waals surface area contributed by atoms with Crippen LogP contribution < -0.4 is 0 Å². The molecule has 1 heterocycles. The van der Waals surface area contributed by atoms with Crippen molar-refractivity contribution in [1.29, 1.82) is 0 Å². The SMILES string of the molecule is CC(C)P1(=O)OCCC(c2cc(Cl)cc(Cl)c2)O1. The molecule has 6 heteroatoms. The summed E-state index contributed by atoms with van der Waals surface area (Å²) in [4.78, 5) is 0. The van der Waals surface area contributed by atoms with Gasteiger partial charge in [-0.2, -0.15) is 0 Å². The van der Waals surface area contributed by atoms with E-state index in [-0.39, 0.29) is 11.8 Å². The van der Waals surface area contributed by atoms with Crippen LogP contribution in [0.3, 0.4) is 0 Å². The van der Waals surface area contributed by atoms with Crippen molar-refractivity contribution in [1.82, 2.24) is 0 Å². The first-order valence-electron chi connectivity index (χ1n) is 5.79. The third-order valence-electron chi connectivity index (χ3n) is 2.81. The zero-order chi connectivity index (χ0) is 13.3. The summed E-state index contributed by atoms with van der Waals surface area (Å²) in [5, 5.41) is 1.10. The van der Waals surface area contributed by atoms with Crippen molar-refractivity contribution in [3.05, 3.63) is 33.8 Å². The molecule has 2 atom stereocenters. The smallest absolute Gasteiger partial charge is 0.308 e. The van der Waals surface area contributed by atoms with Gasteiger partial charge in [-0.05, 0) is 23.8 Å². The minimum absolute atomic E-state index is 0.157. The third kappa shape index (κ3) is 3.09. The van der Waals surface area contributed by atoms with Crippen molar-refractivity contribution in [3.8, 4) is 0 Å². The van der Waals surface area contributed by atoms with E-state index < -0.39 is 7.60 Å². The summed E-state index contributed by atoms with van der Waals surface area (Å²) in [5.41, 5.74) is 0.687. The van der Waals surface area contributed by atoms with E-state index in [4.69, 9.17) is 32.2 Å². The zero-order valence-electron chi connectivity index (χ0n) is 10.2. The maximum absolute atomic E-state index is 12.4. The van der Waals surface area contributed by atoms with E-state index in [1.165, 1.54) is 0 Å². The summed E-state index contributed by atoms with van der Waals surface area (Å²) >= 11 is 11.9. The van der Waals surface area contributed by atoms with E-state index in [9.17, 15) is 4.57 Å². The molecule has 2 unspecified atom stereocenters. The molecule has 100 valence electrons. The summed E-state index contributed by atoms with van der Waals surface area (Å²) in [7, 11) is -3.02. The van der Waals surface area contributed by atoms with Gasteiger partial charge in [-0.15, -0.1) is 0 Å². The van der Waals surface area contributed by atoms with Gasteiger partial charge in [0.15, 0.2) is 0 Å². The molecule has 0 spiro atoms. The molecule has 0 aliphatic carbocycles. The molecule has 0 aromatic heterocycles. The van der Waals surface area contributed by atoms with Crippen LogP contribution in [0.4, 0.5) is 0 Å². The summed E-state index contributed by atoms with van der Waals surface area (Å²) in [5.74, 6) is 0. The lowest BCUT2D eigenvalue weighted by atomic mass is 10.1. The van der Waals surface area contributed by atoms with Crippen LogP contribution >= 0.6 is 30.8 Å².